The Morgan fingerprint density at radius 3 is 2.36 bits per heavy atom. The molecule has 0 unspecified atom stereocenters. The van der Waals surface area contributed by atoms with Crippen LogP contribution in [0.25, 0.3) is 0 Å². The minimum Gasteiger partial charge on any atom is -0.490 e. The van der Waals surface area contributed by atoms with Crippen molar-refractivity contribution in [1.29, 1.82) is 0 Å². The van der Waals surface area contributed by atoms with Crippen molar-refractivity contribution in [2.24, 2.45) is 5.73 Å². The molecule has 0 spiro atoms. The van der Waals surface area contributed by atoms with Crippen LogP contribution in [-0.4, -0.2) is 19.8 Å². The molecule has 3 nitrogen and oxygen atoms in total. The Hall–Kier alpha value is -1.71. The number of aryl methyl sites for hydroxylation is 2. The van der Waals surface area contributed by atoms with E-state index in [1.807, 2.05) is 50.2 Å². The Morgan fingerprint density at radius 2 is 1.68 bits per heavy atom. The summed E-state index contributed by atoms with van der Waals surface area (Å²) in [5, 5.41) is 0.697. The van der Waals surface area contributed by atoms with Crippen LogP contribution in [-0.2, 0) is 6.42 Å². The second kappa shape index (κ2) is 8.06. The maximum Gasteiger partial charge on any atom is 0.125 e. The van der Waals surface area contributed by atoms with Gasteiger partial charge in [-0.15, -0.1) is 0 Å². The third-order valence-corrected chi connectivity index (χ3v) is 3.67. The van der Waals surface area contributed by atoms with Crippen LogP contribution in [0.15, 0.2) is 36.4 Å². The number of nitrogens with two attached hydrogens (primary N) is 1. The fourth-order valence-corrected chi connectivity index (χ4v) is 2.56. The van der Waals surface area contributed by atoms with E-state index < -0.39 is 0 Å². The molecule has 0 radical (unpaired) electrons. The lowest BCUT2D eigenvalue weighted by Crippen LogP contribution is -2.12. The fourth-order valence-electron chi connectivity index (χ4n) is 2.36. The van der Waals surface area contributed by atoms with Crippen LogP contribution in [0.1, 0.15) is 16.7 Å². The number of rotatable bonds is 7. The summed E-state index contributed by atoms with van der Waals surface area (Å²) in [4.78, 5) is 0. The van der Waals surface area contributed by atoms with Gasteiger partial charge in [0.15, 0.2) is 0 Å². The molecule has 0 amide bonds. The summed E-state index contributed by atoms with van der Waals surface area (Å²) in [7, 11) is 0. The molecule has 22 heavy (non-hydrogen) atoms. The highest BCUT2D eigenvalue weighted by Crippen LogP contribution is 2.24. The minimum absolute atomic E-state index is 0.479. The molecule has 0 saturated heterocycles. The number of halogens is 1. The van der Waals surface area contributed by atoms with Gasteiger partial charge in [0, 0.05) is 5.02 Å². The molecule has 0 heterocycles. The lowest BCUT2D eigenvalue weighted by Gasteiger charge is -2.14. The van der Waals surface area contributed by atoms with Crippen LogP contribution < -0.4 is 15.2 Å². The van der Waals surface area contributed by atoms with Gasteiger partial charge < -0.3 is 15.2 Å². The van der Waals surface area contributed by atoms with Gasteiger partial charge in [-0.1, -0.05) is 29.8 Å². The van der Waals surface area contributed by atoms with Gasteiger partial charge in [-0.25, -0.2) is 0 Å². The number of hydrogen-bond acceptors (Lipinski definition) is 3. The van der Waals surface area contributed by atoms with Crippen molar-refractivity contribution in [3.8, 4) is 11.5 Å². The zero-order valence-electron chi connectivity index (χ0n) is 13.1. The standard InChI is InChI=1S/C18H22ClNO2/c1-13-4-3-5-14(2)18(13)22-11-10-21-17-7-6-16(19)12-15(17)8-9-20/h3-7,12H,8-11,20H2,1-2H3. The first-order valence-corrected chi connectivity index (χ1v) is 7.80. The zero-order valence-corrected chi connectivity index (χ0v) is 13.8. The first-order chi connectivity index (χ1) is 10.6. The third kappa shape index (κ3) is 4.39. The van der Waals surface area contributed by atoms with Gasteiger partial charge in [-0.3, -0.25) is 0 Å². The van der Waals surface area contributed by atoms with Gasteiger partial charge in [0.05, 0.1) is 0 Å². The highest BCUT2D eigenvalue weighted by molar-refractivity contribution is 6.30. The van der Waals surface area contributed by atoms with Gasteiger partial charge >= 0.3 is 0 Å². The van der Waals surface area contributed by atoms with Crippen LogP contribution in [0.3, 0.4) is 0 Å². The third-order valence-electron chi connectivity index (χ3n) is 3.43. The minimum atomic E-state index is 0.479. The summed E-state index contributed by atoms with van der Waals surface area (Å²) in [5.41, 5.74) is 8.92. The van der Waals surface area contributed by atoms with Crippen molar-refractivity contribution in [2.75, 3.05) is 19.8 Å². The first-order valence-electron chi connectivity index (χ1n) is 7.42. The van der Waals surface area contributed by atoms with Crippen molar-refractivity contribution >= 4 is 11.6 Å². The average molecular weight is 320 g/mol. The predicted molar refractivity (Wildman–Crippen MR) is 91.1 cm³/mol. The largest absolute Gasteiger partial charge is 0.490 e. The molecule has 118 valence electrons. The van der Waals surface area contributed by atoms with Crippen LogP contribution in [0.2, 0.25) is 5.02 Å². The SMILES string of the molecule is Cc1cccc(C)c1OCCOc1ccc(Cl)cc1CCN. The lowest BCUT2D eigenvalue weighted by molar-refractivity contribution is 0.214. The molecule has 0 bridgehead atoms. The molecule has 0 aliphatic carbocycles. The van der Waals surface area contributed by atoms with E-state index in [0.717, 1.165) is 34.6 Å². The highest BCUT2D eigenvalue weighted by atomic mass is 35.5. The van der Waals surface area contributed by atoms with E-state index in [2.05, 4.69) is 0 Å². The Morgan fingerprint density at radius 1 is 1.00 bits per heavy atom. The van der Waals surface area contributed by atoms with Crippen LogP contribution in [0.5, 0.6) is 11.5 Å². The molecule has 0 aromatic heterocycles. The van der Waals surface area contributed by atoms with Gasteiger partial charge in [0.1, 0.15) is 24.7 Å². The Labute approximate surface area is 137 Å². The highest BCUT2D eigenvalue weighted by Gasteiger charge is 2.06. The molecule has 2 N–H and O–H groups in total. The molecule has 2 aromatic carbocycles. The smallest absolute Gasteiger partial charge is 0.125 e. The molecule has 0 saturated carbocycles. The summed E-state index contributed by atoms with van der Waals surface area (Å²) in [6, 6.07) is 11.7. The fraction of sp³-hybridized carbons (Fsp3) is 0.333. The van der Waals surface area contributed by atoms with E-state index in [4.69, 9.17) is 26.8 Å². The molecule has 4 heteroatoms. The van der Waals surface area contributed by atoms with Gasteiger partial charge in [-0.05, 0) is 61.7 Å². The molecular formula is C18H22ClNO2. The average Bonchev–Trinajstić information content (AvgIpc) is 2.48. The maximum atomic E-state index is 6.01. The van der Waals surface area contributed by atoms with Crippen molar-refractivity contribution in [1.82, 2.24) is 0 Å². The zero-order chi connectivity index (χ0) is 15.9. The van der Waals surface area contributed by atoms with Gasteiger partial charge in [-0.2, -0.15) is 0 Å². The number of hydrogen-bond donors (Lipinski definition) is 1. The van der Waals surface area contributed by atoms with E-state index in [9.17, 15) is 0 Å². The van der Waals surface area contributed by atoms with E-state index in [-0.39, 0.29) is 0 Å². The lowest BCUT2D eigenvalue weighted by atomic mass is 10.1. The molecule has 0 aliphatic heterocycles. The Bertz CT molecular complexity index is 608. The normalized spacial score (nSPS) is 10.5. The molecule has 0 fully saturated rings. The van der Waals surface area contributed by atoms with Crippen LogP contribution in [0, 0.1) is 13.8 Å². The summed E-state index contributed by atoms with van der Waals surface area (Å²) >= 11 is 6.01. The topological polar surface area (TPSA) is 44.5 Å². The van der Waals surface area contributed by atoms with E-state index >= 15 is 0 Å². The second-order valence-electron chi connectivity index (χ2n) is 5.21. The van der Waals surface area contributed by atoms with E-state index in [1.165, 1.54) is 0 Å². The van der Waals surface area contributed by atoms with Crippen molar-refractivity contribution in [3.05, 3.63) is 58.1 Å². The molecular weight excluding hydrogens is 298 g/mol. The first kappa shape index (κ1) is 16.7. The summed E-state index contributed by atoms with van der Waals surface area (Å²) < 4.78 is 11.6. The Kier molecular flexibility index (Phi) is 6.10. The predicted octanol–water partition coefficient (Wildman–Crippen LogP) is 3.92. The molecule has 0 atom stereocenters. The summed E-state index contributed by atoms with van der Waals surface area (Å²) in [5.74, 6) is 1.75. The van der Waals surface area contributed by atoms with E-state index in [0.29, 0.717) is 24.8 Å². The summed E-state index contributed by atoms with van der Waals surface area (Å²) in [6.07, 6.45) is 0.744. The molecule has 2 aromatic rings. The maximum absolute atomic E-state index is 6.01. The van der Waals surface area contributed by atoms with Gasteiger partial charge in [0.2, 0.25) is 0 Å². The second-order valence-corrected chi connectivity index (χ2v) is 5.65. The van der Waals surface area contributed by atoms with Crippen molar-refractivity contribution in [3.63, 3.8) is 0 Å². The van der Waals surface area contributed by atoms with Crippen LogP contribution in [0.4, 0.5) is 0 Å². The van der Waals surface area contributed by atoms with Crippen molar-refractivity contribution < 1.29 is 9.47 Å². The Balaban J connectivity index is 1.91. The monoisotopic (exact) mass is 319 g/mol. The number of ether oxygens (including phenoxy) is 2. The van der Waals surface area contributed by atoms with Crippen molar-refractivity contribution in [2.45, 2.75) is 20.3 Å². The summed E-state index contributed by atoms with van der Waals surface area (Å²) in [6.45, 7) is 5.63. The molecule has 2 rings (SSSR count). The van der Waals surface area contributed by atoms with Gasteiger partial charge in [0.25, 0.3) is 0 Å². The van der Waals surface area contributed by atoms with Crippen LogP contribution >= 0.6 is 11.6 Å². The molecule has 0 aliphatic rings. The van der Waals surface area contributed by atoms with E-state index in [1.54, 1.807) is 0 Å². The number of para-hydroxylation sites is 1. The number of benzene rings is 2. The quantitative estimate of drug-likeness (QED) is 0.787.